The van der Waals surface area contributed by atoms with E-state index in [0.717, 1.165) is 4.47 Å². The Labute approximate surface area is 247 Å². The number of hydrogen-bond donors (Lipinski definition) is 2. The Hall–Kier alpha value is -3.43. The molecular formula is C27H28BrN3O8S2. The van der Waals surface area contributed by atoms with Crippen molar-refractivity contribution in [3.8, 4) is 11.5 Å². The lowest BCUT2D eigenvalue weighted by atomic mass is 10.2. The second kappa shape index (κ2) is 13.0. The molecule has 0 unspecified atom stereocenters. The van der Waals surface area contributed by atoms with Crippen molar-refractivity contribution >= 4 is 59.3 Å². The number of sulfonamides is 2. The number of benzene rings is 3. The third-order valence-electron chi connectivity index (χ3n) is 6.04. The first-order chi connectivity index (χ1) is 19.5. The molecule has 0 aliphatic carbocycles. The van der Waals surface area contributed by atoms with Crippen LogP contribution in [0.5, 0.6) is 11.5 Å². The number of nitrogens with one attached hydrogen (secondary N) is 2. The minimum absolute atomic E-state index is 0.0256. The second-order valence-electron chi connectivity index (χ2n) is 8.72. The minimum atomic E-state index is -3.97. The van der Waals surface area contributed by atoms with Crippen molar-refractivity contribution < 1.29 is 35.8 Å². The van der Waals surface area contributed by atoms with Crippen LogP contribution in [0, 0.1) is 0 Å². The lowest BCUT2D eigenvalue weighted by molar-refractivity contribution is -0.111. The number of hydrogen-bond acceptors (Lipinski definition) is 8. The van der Waals surface area contributed by atoms with Crippen LogP contribution < -0.4 is 19.5 Å². The molecule has 0 bridgehead atoms. The molecular weight excluding hydrogens is 638 g/mol. The van der Waals surface area contributed by atoms with Crippen LogP contribution in [-0.2, 0) is 29.6 Å². The lowest BCUT2D eigenvalue weighted by Gasteiger charge is -2.26. The fourth-order valence-corrected chi connectivity index (χ4v) is 6.90. The number of morpholine rings is 1. The zero-order chi connectivity index (χ0) is 29.6. The van der Waals surface area contributed by atoms with E-state index in [0.29, 0.717) is 24.5 Å². The van der Waals surface area contributed by atoms with Gasteiger partial charge in [-0.1, -0.05) is 22.0 Å². The van der Waals surface area contributed by atoms with Crippen LogP contribution in [0.15, 0.2) is 81.0 Å². The highest BCUT2D eigenvalue weighted by atomic mass is 79.9. The standard InChI is InChI=1S/C27H28BrN3O8S2/c1-37-24-11-9-22(40(33,34)30-21-7-5-20(28)6-8-21)18-23(24)29-27(32)12-4-19-3-10-25(38-2)26(17-19)41(35,36)31-13-15-39-16-14-31/h3-12,17-18,30H,13-16H2,1-2H3,(H,29,32)/b12-4-. The average molecular weight is 667 g/mol. The molecule has 14 heteroatoms. The molecule has 1 aliphatic heterocycles. The van der Waals surface area contributed by atoms with Gasteiger partial charge in [0, 0.05) is 29.3 Å². The summed E-state index contributed by atoms with van der Waals surface area (Å²) in [6.07, 6.45) is 2.64. The van der Waals surface area contributed by atoms with Gasteiger partial charge in [-0.3, -0.25) is 9.52 Å². The Bertz CT molecular complexity index is 1650. The first kappa shape index (κ1) is 30.5. The second-order valence-corrected chi connectivity index (χ2v) is 13.2. The summed E-state index contributed by atoms with van der Waals surface area (Å²) in [6.45, 7) is 1.05. The minimum Gasteiger partial charge on any atom is -0.495 e. The number of nitrogens with zero attached hydrogens (tertiary/aromatic N) is 1. The Morgan fingerprint density at radius 2 is 1.59 bits per heavy atom. The van der Waals surface area contributed by atoms with Gasteiger partial charge in [-0.15, -0.1) is 0 Å². The number of methoxy groups -OCH3 is 2. The van der Waals surface area contributed by atoms with E-state index in [1.807, 2.05) is 0 Å². The molecule has 1 saturated heterocycles. The van der Waals surface area contributed by atoms with Gasteiger partial charge in [0.1, 0.15) is 16.4 Å². The van der Waals surface area contributed by atoms with Crippen LogP contribution in [0.25, 0.3) is 6.08 Å². The highest BCUT2D eigenvalue weighted by Gasteiger charge is 2.29. The first-order valence-corrected chi connectivity index (χ1v) is 16.0. The third-order valence-corrected chi connectivity index (χ3v) is 9.87. The average Bonchev–Trinajstić information content (AvgIpc) is 2.97. The highest BCUT2D eigenvalue weighted by molar-refractivity contribution is 9.10. The van der Waals surface area contributed by atoms with Crippen molar-refractivity contribution in [1.29, 1.82) is 0 Å². The van der Waals surface area contributed by atoms with Crippen LogP contribution >= 0.6 is 15.9 Å². The van der Waals surface area contributed by atoms with Gasteiger partial charge in [0.05, 0.1) is 38.0 Å². The van der Waals surface area contributed by atoms with Crippen LogP contribution in [-0.4, -0.2) is 67.6 Å². The molecule has 1 aliphatic rings. The molecule has 0 spiro atoms. The maximum Gasteiger partial charge on any atom is 0.261 e. The highest BCUT2D eigenvalue weighted by Crippen LogP contribution is 2.30. The van der Waals surface area contributed by atoms with Crippen LogP contribution in [0.2, 0.25) is 0 Å². The van der Waals surface area contributed by atoms with E-state index in [1.165, 1.54) is 61.0 Å². The molecule has 1 fully saturated rings. The van der Waals surface area contributed by atoms with Gasteiger partial charge < -0.3 is 19.5 Å². The van der Waals surface area contributed by atoms with Gasteiger partial charge in [-0.05, 0) is 66.2 Å². The summed E-state index contributed by atoms with van der Waals surface area (Å²) in [5, 5.41) is 2.62. The number of anilines is 2. The van der Waals surface area contributed by atoms with E-state index in [-0.39, 0.29) is 40.1 Å². The number of halogens is 1. The summed E-state index contributed by atoms with van der Waals surface area (Å²) in [6, 6.07) is 15.2. The summed E-state index contributed by atoms with van der Waals surface area (Å²) in [4.78, 5) is 12.7. The Balaban J connectivity index is 1.54. The fourth-order valence-electron chi connectivity index (χ4n) is 3.95. The van der Waals surface area contributed by atoms with Crippen molar-refractivity contribution in [3.05, 3.63) is 76.8 Å². The molecule has 1 heterocycles. The van der Waals surface area contributed by atoms with Crippen molar-refractivity contribution in [3.63, 3.8) is 0 Å². The molecule has 0 atom stereocenters. The quantitative estimate of drug-likeness (QED) is 0.311. The van der Waals surface area contributed by atoms with Gasteiger partial charge in [-0.25, -0.2) is 16.8 Å². The summed E-state index contributed by atoms with van der Waals surface area (Å²) in [7, 11) is -5.05. The SMILES string of the molecule is COc1ccc(S(=O)(=O)Nc2ccc(Br)cc2)cc1NC(=O)/C=C\c1ccc(OC)c(S(=O)(=O)N2CCOCC2)c1. The van der Waals surface area contributed by atoms with Gasteiger partial charge in [0.25, 0.3) is 10.0 Å². The van der Waals surface area contributed by atoms with E-state index in [4.69, 9.17) is 14.2 Å². The topological polar surface area (TPSA) is 140 Å². The number of ether oxygens (including phenoxy) is 3. The Kier molecular flexibility index (Phi) is 9.71. The molecule has 1 amide bonds. The van der Waals surface area contributed by atoms with Gasteiger partial charge in [-0.2, -0.15) is 4.31 Å². The maximum atomic E-state index is 13.2. The van der Waals surface area contributed by atoms with E-state index in [1.54, 1.807) is 30.3 Å². The van der Waals surface area contributed by atoms with Gasteiger partial charge in [0.15, 0.2) is 0 Å². The number of carbonyl (C=O) groups excluding carboxylic acids is 1. The van der Waals surface area contributed by atoms with Crippen molar-refractivity contribution in [2.24, 2.45) is 0 Å². The molecule has 4 rings (SSSR count). The first-order valence-electron chi connectivity index (χ1n) is 12.2. The third kappa shape index (κ3) is 7.45. The number of amides is 1. The Morgan fingerprint density at radius 3 is 2.24 bits per heavy atom. The smallest absolute Gasteiger partial charge is 0.261 e. The molecule has 41 heavy (non-hydrogen) atoms. The van der Waals surface area contributed by atoms with Crippen molar-refractivity contribution in [1.82, 2.24) is 4.31 Å². The van der Waals surface area contributed by atoms with E-state index in [9.17, 15) is 21.6 Å². The lowest BCUT2D eigenvalue weighted by Crippen LogP contribution is -2.40. The summed E-state index contributed by atoms with van der Waals surface area (Å²) >= 11 is 3.31. The van der Waals surface area contributed by atoms with E-state index < -0.39 is 26.0 Å². The predicted molar refractivity (Wildman–Crippen MR) is 158 cm³/mol. The van der Waals surface area contributed by atoms with Crippen LogP contribution in [0.1, 0.15) is 5.56 Å². The largest absolute Gasteiger partial charge is 0.495 e. The summed E-state index contributed by atoms with van der Waals surface area (Å²) in [5.74, 6) is -0.164. The molecule has 11 nitrogen and oxygen atoms in total. The summed E-state index contributed by atoms with van der Waals surface area (Å²) in [5.41, 5.74) is 0.938. The number of carbonyl (C=O) groups is 1. The van der Waals surface area contributed by atoms with E-state index >= 15 is 0 Å². The van der Waals surface area contributed by atoms with E-state index in [2.05, 4.69) is 26.0 Å². The van der Waals surface area contributed by atoms with Crippen LogP contribution in [0.3, 0.4) is 0 Å². The molecule has 0 aromatic heterocycles. The van der Waals surface area contributed by atoms with Gasteiger partial charge >= 0.3 is 0 Å². The maximum absolute atomic E-state index is 13.2. The predicted octanol–water partition coefficient (Wildman–Crippen LogP) is 3.94. The monoisotopic (exact) mass is 665 g/mol. The normalized spacial score (nSPS) is 14.5. The molecule has 3 aromatic rings. The van der Waals surface area contributed by atoms with Crippen LogP contribution in [0.4, 0.5) is 11.4 Å². The Morgan fingerprint density at radius 1 is 0.927 bits per heavy atom. The zero-order valence-electron chi connectivity index (χ0n) is 22.2. The van der Waals surface area contributed by atoms with Crippen molar-refractivity contribution in [2.75, 3.05) is 50.6 Å². The number of rotatable bonds is 10. The molecule has 0 radical (unpaired) electrons. The molecule has 218 valence electrons. The summed E-state index contributed by atoms with van der Waals surface area (Å²) < 4.78 is 72.8. The zero-order valence-corrected chi connectivity index (χ0v) is 25.4. The van der Waals surface area contributed by atoms with Crippen molar-refractivity contribution in [2.45, 2.75) is 9.79 Å². The fraction of sp³-hybridized carbons (Fsp3) is 0.222. The molecule has 0 saturated carbocycles. The molecule has 3 aromatic carbocycles. The molecule has 2 N–H and O–H groups in total. The van der Waals surface area contributed by atoms with Gasteiger partial charge in [0.2, 0.25) is 15.9 Å².